The van der Waals surface area contributed by atoms with E-state index in [2.05, 4.69) is 0 Å². The molecule has 1 aromatic rings. The monoisotopic (exact) mass is 192 g/mol. The van der Waals surface area contributed by atoms with E-state index in [1.807, 2.05) is 0 Å². The number of hydrogen-bond acceptors (Lipinski definition) is 4. The van der Waals surface area contributed by atoms with Crippen LogP contribution in [-0.2, 0) is 16.5 Å². The first-order valence-corrected chi connectivity index (χ1v) is 4.65. The smallest absolute Gasteiger partial charge is 0.328 e. The van der Waals surface area contributed by atoms with Crippen molar-refractivity contribution in [1.29, 1.82) is 0 Å². The molecule has 1 rings (SSSR count). The van der Waals surface area contributed by atoms with E-state index in [0.29, 0.717) is 5.76 Å². The van der Waals surface area contributed by atoms with Gasteiger partial charge in [0.2, 0.25) is 5.09 Å². The summed E-state index contributed by atoms with van der Waals surface area (Å²) in [6.45, 7) is -0.127. The highest BCUT2D eigenvalue weighted by molar-refractivity contribution is 7.85. The van der Waals surface area contributed by atoms with Crippen molar-refractivity contribution in [2.75, 3.05) is 6.61 Å². The van der Waals surface area contributed by atoms with Crippen molar-refractivity contribution in [2.24, 2.45) is 0 Å². The second kappa shape index (κ2) is 3.26. The number of hydrogen-bond donors (Lipinski definition) is 2. The predicted octanol–water partition coefficient (Wildman–Crippen LogP) is 0.0611. The lowest BCUT2D eigenvalue weighted by Crippen LogP contribution is -1.95. The highest BCUT2D eigenvalue weighted by Gasteiger charge is 2.14. The lowest BCUT2D eigenvalue weighted by atomic mass is 10.3. The molecule has 0 spiro atoms. The molecular weight excluding hydrogens is 184 g/mol. The van der Waals surface area contributed by atoms with E-state index in [9.17, 15) is 8.42 Å². The Morgan fingerprint density at radius 2 is 2.08 bits per heavy atom. The van der Waals surface area contributed by atoms with Gasteiger partial charge in [-0.1, -0.05) is 0 Å². The van der Waals surface area contributed by atoms with Gasteiger partial charge in [0.05, 0.1) is 6.61 Å². The number of aliphatic hydroxyl groups excluding tert-OH is 1. The molecule has 0 aromatic carbocycles. The summed E-state index contributed by atoms with van der Waals surface area (Å²) in [7, 11) is -4.25. The van der Waals surface area contributed by atoms with Crippen molar-refractivity contribution in [3.63, 3.8) is 0 Å². The van der Waals surface area contributed by atoms with E-state index in [-0.39, 0.29) is 13.0 Å². The highest BCUT2D eigenvalue weighted by Crippen LogP contribution is 2.13. The topological polar surface area (TPSA) is 87.7 Å². The largest absolute Gasteiger partial charge is 0.447 e. The molecule has 0 unspecified atom stereocenters. The maximum atomic E-state index is 10.4. The van der Waals surface area contributed by atoms with Crippen LogP contribution in [0.2, 0.25) is 0 Å². The fourth-order valence-electron chi connectivity index (χ4n) is 0.741. The molecule has 1 heterocycles. The first-order chi connectivity index (χ1) is 5.54. The third kappa shape index (κ3) is 2.07. The van der Waals surface area contributed by atoms with Gasteiger partial charge in [-0.3, -0.25) is 4.55 Å². The van der Waals surface area contributed by atoms with Gasteiger partial charge in [-0.2, -0.15) is 8.42 Å². The minimum absolute atomic E-state index is 0.127. The number of rotatable bonds is 3. The molecule has 6 heteroatoms. The first-order valence-electron chi connectivity index (χ1n) is 3.21. The Labute approximate surface area is 69.4 Å². The summed E-state index contributed by atoms with van der Waals surface area (Å²) in [6, 6.07) is 2.53. The average molecular weight is 192 g/mol. The van der Waals surface area contributed by atoms with E-state index in [4.69, 9.17) is 14.1 Å². The van der Waals surface area contributed by atoms with E-state index in [1.165, 1.54) is 6.07 Å². The summed E-state index contributed by atoms with van der Waals surface area (Å²) in [5, 5.41) is 7.97. The molecule has 0 fully saturated rings. The Kier molecular flexibility index (Phi) is 2.51. The van der Waals surface area contributed by atoms with Crippen LogP contribution >= 0.6 is 0 Å². The van der Waals surface area contributed by atoms with Gasteiger partial charge in [-0.05, 0) is 12.1 Å². The predicted molar refractivity (Wildman–Crippen MR) is 39.3 cm³/mol. The summed E-state index contributed by atoms with van der Waals surface area (Å²) in [5.41, 5.74) is 0. The quantitative estimate of drug-likeness (QED) is 0.661. The minimum atomic E-state index is -4.25. The van der Waals surface area contributed by atoms with Crippen LogP contribution in [-0.4, -0.2) is 24.7 Å². The normalized spacial score (nSPS) is 11.8. The molecule has 0 radical (unpaired) electrons. The zero-order chi connectivity index (χ0) is 9.19. The Morgan fingerprint density at radius 3 is 2.50 bits per heavy atom. The summed E-state index contributed by atoms with van der Waals surface area (Å²) < 4.78 is 34.1. The second-order valence-electron chi connectivity index (χ2n) is 2.17. The summed E-state index contributed by atoms with van der Waals surface area (Å²) in [4.78, 5) is 0. The molecule has 0 aliphatic carbocycles. The van der Waals surface area contributed by atoms with E-state index >= 15 is 0 Å². The van der Waals surface area contributed by atoms with Gasteiger partial charge >= 0.3 is 10.1 Å². The van der Waals surface area contributed by atoms with E-state index < -0.39 is 15.2 Å². The zero-order valence-electron chi connectivity index (χ0n) is 6.10. The van der Waals surface area contributed by atoms with Gasteiger partial charge in [0.1, 0.15) is 5.76 Å². The lowest BCUT2D eigenvalue weighted by Gasteiger charge is -1.90. The third-order valence-electron chi connectivity index (χ3n) is 1.25. The summed E-state index contributed by atoms with van der Waals surface area (Å²) in [5.74, 6) is 0.324. The highest BCUT2D eigenvalue weighted by atomic mass is 32.2. The second-order valence-corrected chi connectivity index (χ2v) is 3.52. The van der Waals surface area contributed by atoms with Crippen LogP contribution in [0, 0.1) is 0 Å². The van der Waals surface area contributed by atoms with Crippen LogP contribution in [0.25, 0.3) is 0 Å². The van der Waals surface area contributed by atoms with Gasteiger partial charge in [-0.15, -0.1) is 0 Å². The summed E-state index contributed by atoms with van der Waals surface area (Å²) in [6.07, 6.45) is 0.232. The van der Waals surface area contributed by atoms with Crippen molar-refractivity contribution >= 4 is 10.1 Å². The Hall–Kier alpha value is -0.850. The van der Waals surface area contributed by atoms with Gasteiger partial charge < -0.3 is 9.52 Å². The van der Waals surface area contributed by atoms with Crippen molar-refractivity contribution in [2.45, 2.75) is 11.5 Å². The maximum absolute atomic E-state index is 10.4. The Morgan fingerprint density at radius 1 is 1.42 bits per heavy atom. The molecule has 0 bridgehead atoms. The Balaban J connectivity index is 2.92. The van der Waals surface area contributed by atoms with Gasteiger partial charge in [0, 0.05) is 6.42 Å². The molecular formula is C6H8O5S. The van der Waals surface area contributed by atoms with Gasteiger partial charge in [0.25, 0.3) is 0 Å². The maximum Gasteiger partial charge on any atom is 0.328 e. The molecule has 0 saturated carbocycles. The number of aliphatic hydroxyl groups is 1. The van der Waals surface area contributed by atoms with Crippen LogP contribution in [0.3, 0.4) is 0 Å². The SMILES string of the molecule is O=S(=O)(O)c1ccc(CCO)o1. The standard InChI is InChI=1S/C6H8O5S/c7-4-3-5-1-2-6(11-5)12(8,9)10/h1-2,7H,3-4H2,(H,8,9,10). The van der Waals surface area contributed by atoms with Gasteiger partial charge in [-0.25, -0.2) is 0 Å². The minimum Gasteiger partial charge on any atom is -0.447 e. The zero-order valence-corrected chi connectivity index (χ0v) is 6.91. The first kappa shape index (κ1) is 9.24. The van der Waals surface area contributed by atoms with Crippen molar-refractivity contribution in [3.05, 3.63) is 17.9 Å². The molecule has 0 aliphatic heterocycles. The van der Waals surface area contributed by atoms with Crippen LogP contribution in [0.5, 0.6) is 0 Å². The molecule has 68 valence electrons. The van der Waals surface area contributed by atoms with Crippen molar-refractivity contribution in [1.82, 2.24) is 0 Å². The molecule has 5 nitrogen and oxygen atoms in total. The molecule has 0 aliphatic rings. The molecule has 0 amide bonds. The van der Waals surface area contributed by atoms with Crippen LogP contribution < -0.4 is 0 Å². The number of furan rings is 1. The van der Waals surface area contributed by atoms with Crippen molar-refractivity contribution < 1.29 is 22.5 Å². The van der Waals surface area contributed by atoms with Crippen LogP contribution in [0.4, 0.5) is 0 Å². The van der Waals surface area contributed by atoms with E-state index in [0.717, 1.165) is 6.07 Å². The molecule has 2 N–H and O–H groups in total. The molecule has 0 atom stereocenters. The average Bonchev–Trinajstić information content (AvgIpc) is 2.35. The summed E-state index contributed by atoms with van der Waals surface area (Å²) >= 11 is 0. The van der Waals surface area contributed by atoms with E-state index in [1.54, 1.807) is 0 Å². The molecule has 1 aromatic heterocycles. The third-order valence-corrected chi connectivity index (χ3v) is 1.98. The van der Waals surface area contributed by atoms with Crippen molar-refractivity contribution in [3.8, 4) is 0 Å². The van der Waals surface area contributed by atoms with Crippen LogP contribution in [0.1, 0.15) is 5.76 Å². The molecule has 0 saturated heterocycles. The lowest BCUT2D eigenvalue weighted by molar-refractivity contribution is 0.280. The molecule has 12 heavy (non-hydrogen) atoms. The fourth-order valence-corrected chi connectivity index (χ4v) is 1.19. The Bertz CT molecular complexity index is 350. The van der Waals surface area contributed by atoms with Gasteiger partial charge in [0.15, 0.2) is 0 Å². The fraction of sp³-hybridized carbons (Fsp3) is 0.333. The van der Waals surface area contributed by atoms with Crippen LogP contribution in [0.15, 0.2) is 21.6 Å².